The molecule has 28 heavy (non-hydrogen) atoms. The maximum Gasteiger partial charge on any atom is 0.323 e. The van der Waals surface area contributed by atoms with Gasteiger partial charge in [0.05, 0.1) is 17.3 Å². The summed E-state index contributed by atoms with van der Waals surface area (Å²) in [5.41, 5.74) is 1.22. The molecule has 1 aromatic rings. The minimum atomic E-state index is -0.848. The second-order valence-electron chi connectivity index (χ2n) is 6.28. The van der Waals surface area contributed by atoms with E-state index in [1.807, 2.05) is 12.1 Å². The average Bonchev–Trinajstić information content (AvgIpc) is 3.23. The number of rotatable bonds is 6. The number of carboxylic acid groups (broad SMARTS) is 1. The molecule has 3 rings (SSSR count). The lowest BCUT2D eigenvalue weighted by Crippen LogP contribution is -2.29. The molecule has 1 N–H and O–H groups in total. The fourth-order valence-corrected chi connectivity index (χ4v) is 5.78. The van der Waals surface area contributed by atoms with E-state index >= 15 is 0 Å². The van der Waals surface area contributed by atoms with Crippen LogP contribution < -0.4 is 4.90 Å². The van der Waals surface area contributed by atoms with Gasteiger partial charge in [0.1, 0.15) is 10.9 Å². The lowest BCUT2D eigenvalue weighted by Gasteiger charge is -2.19. The molecule has 0 aromatic heterocycles. The van der Waals surface area contributed by atoms with Crippen LogP contribution in [0.15, 0.2) is 39.1 Å². The predicted octanol–water partition coefficient (Wildman–Crippen LogP) is 4.55. The van der Waals surface area contributed by atoms with E-state index in [9.17, 15) is 4.79 Å². The third kappa shape index (κ3) is 5.65. The highest BCUT2D eigenvalue weighted by Gasteiger charge is 2.32. The van der Waals surface area contributed by atoms with Crippen LogP contribution in [0.3, 0.4) is 0 Å². The zero-order chi connectivity index (χ0) is 20.7. The van der Waals surface area contributed by atoms with Crippen molar-refractivity contribution in [2.24, 2.45) is 0 Å². The first-order chi connectivity index (χ1) is 13.4. The van der Waals surface area contributed by atoms with Crippen LogP contribution in [0.25, 0.3) is 0 Å². The van der Waals surface area contributed by atoms with Gasteiger partial charge >= 0.3 is 5.97 Å². The van der Waals surface area contributed by atoms with E-state index in [2.05, 4.69) is 49.6 Å². The van der Waals surface area contributed by atoms with E-state index < -0.39 is 5.97 Å². The molecule has 0 unspecified atom stereocenters. The van der Waals surface area contributed by atoms with E-state index in [1.54, 1.807) is 16.7 Å². The molecular formula is C20H29N3O2S3. The fourth-order valence-electron chi connectivity index (χ4n) is 3.06. The van der Waals surface area contributed by atoms with E-state index in [0.29, 0.717) is 10.9 Å². The normalized spacial score (nSPS) is 18.4. The number of thioether (sulfide) groups is 2. The van der Waals surface area contributed by atoms with Crippen LogP contribution >= 0.6 is 35.7 Å². The standard InChI is InChI=1S/C14H14N2O2S3.C6H15N/c1-2-16-9-5-3-4-6-10(9)20-13(16)11-7-15(8-12(17)18)14(19)21-11;1-4-7(5-2)6-3/h3-6H,2,7-8H2,1H3,(H,17,18);4-6H2,1-3H3. The van der Waals surface area contributed by atoms with Crippen LogP contribution in [0.4, 0.5) is 5.69 Å². The molecule has 2 aliphatic heterocycles. The second kappa shape index (κ2) is 11.1. The first-order valence-electron chi connectivity index (χ1n) is 9.63. The summed E-state index contributed by atoms with van der Waals surface area (Å²) < 4.78 is 0.646. The van der Waals surface area contributed by atoms with E-state index in [-0.39, 0.29) is 6.54 Å². The van der Waals surface area contributed by atoms with Gasteiger partial charge in [-0.25, -0.2) is 0 Å². The third-order valence-corrected chi connectivity index (χ3v) is 7.50. The number of carboxylic acids is 1. The Bertz CT molecular complexity index is 730. The van der Waals surface area contributed by atoms with Crippen molar-refractivity contribution in [2.45, 2.75) is 32.6 Å². The molecule has 2 heterocycles. The highest BCUT2D eigenvalue weighted by Crippen LogP contribution is 2.49. The number of anilines is 1. The molecule has 0 saturated carbocycles. The summed E-state index contributed by atoms with van der Waals surface area (Å²) in [7, 11) is 0. The van der Waals surface area contributed by atoms with Gasteiger partial charge < -0.3 is 19.8 Å². The number of aliphatic carboxylic acids is 1. The van der Waals surface area contributed by atoms with Crippen molar-refractivity contribution in [3.63, 3.8) is 0 Å². The molecule has 1 saturated heterocycles. The molecule has 0 radical (unpaired) electrons. The summed E-state index contributed by atoms with van der Waals surface area (Å²) in [6.45, 7) is 13.7. The Hall–Kier alpha value is -1.22. The van der Waals surface area contributed by atoms with Gasteiger partial charge in [-0.1, -0.05) is 68.6 Å². The largest absolute Gasteiger partial charge is 0.480 e. The highest BCUT2D eigenvalue weighted by atomic mass is 32.2. The van der Waals surface area contributed by atoms with E-state index in [0.717, 1.165) is 11.4 Å². The van der Waals surface area contributed by atoms with Crippen molar-refractivity contribution >= 4 is 51.7 Å². The van der Waals surface area contributed by atoms with E-state index in [4.69, 9.17) is 17.3 Å². The van der Waals surface area contributed by atoms with Crippen LogP contribution in [0.2, 0.25) is 0 Å². The molecule has 0 spiro atoms. The first kappa shape index (κ1) is 23.1. The summed E-state index contributed by atoms with van der Waals surface area (Å²) in [6, 6.07) is 8.31. The minimum absolute atomic E-state index is 0.0354. The molecule has 1 fully saturated rings. The number of hydrogen-bond acceptors (Lipinski definition) is 6. The second-order valence-corrected chi connectivity index (χ2v) is 9.04. The molecular weight excluding hydrogens is 410 g/mol. The van der Waals surface area contributed by atoms with Gasteiger partial charge in [0.15, 0.2) is 0 Å². The quantitative estimate of drug-likeness (QED) is 0.648. The number of nitrogens with zero attached hydrogens (tertiary/aromatic N) is 3. The van der Waals surface area contributed by atoms with Crippen LogP contribution in [0, 0.1) is 0 Å². The molecule has 2 aliphatic rings. The van der Waals surface area contributed by atoms with Crippen molar-refractivity contribution < 1.29 is 9.90 Å². The number of thiocarbonyl (C=S) groups is 1. The van der Waals surface area contributed by atoms with Gasteiger partial charge in [-0.15, -0.1) is 0 Å². The average molecular weight is 440 g/mol. The summed E-state index contributed by atoms with van der Waals surface area (Å²) in [4.78, 5) is 19.7. The zero-order valence-electron chi connectivity index (χ0n) is 17.0. The number of carbonyl (C=O) groups is 1. The van der Waals surface area contributed by atoms with Crippen molar-refractivity contribution in [3.8, 4) is 0 Å². The van der Waals surface area contributed by atoms with Crippen molar-refractivity contribution in [3.05, 3.63) is 34.2 Å². The monoisotopic (exact) mass is 439 g/mol. The number of fused-ring (bicyclic) bond motifs is 1. The Morgan fingerprint density at radius 1 is 1.14 bits per heavy atom. The van der Waals surface area contributed by atoms with Crippen LogP contribution in [-0.2, 0) is 4.79 Å². The summed E-state index contributed by atoms with van der Waals surface area (Å²) >= 11 is 8.55. The lowest BCUT2D eigenvalue weighted by molar-refractivity contribution is -0.137. The molecule has 0 amide bonds. The van der Waals surface area contributed by atoms with Crippen LogP contribution in [-0.4, -0.2) is 64.5 Å². The maximum atomic E-state index is 10.9. The van der Waals surface area contributed by atoms with Gasteiger partial charge in [-0.3, -0.25) is 4.79 Å². The zero-order valence-corrected chi connectivity index (χ0v) is 19.4. The maximum absolute atomic E-state index is 10.9. The third-order valence-electron chi connectivity index (χ3n) is 4.63. The Kier molecular flexibility index (Phi) is 9.14. The van der Waals surface area contributed by atoms with Gasteiger partial charge in [-0.2, -0.15) is 0 Å². The molecule has 5 nitrogen and oxygen atoms in total. The summed E-state index contributed by atoms with van der Waals surface area (Å²) in [6.07, 6.45) is 0. The smallest absolute Gasteiger partial charge is 0.323 e. The van der Waals surface area contributed by atoms with Gasteiger partial charge in [0.2, 0.25) is 0 Å². The Balaban J connectivity index is 0.000000345. The van der Waals surface area contributed by atoms with E-state index in [1.165, 1.54) is 47.0 Å². The number of hydrogen-bond donors (Lipinski definition) is 1. The summed E-state index contributed by atoms with van der Waals surface area (Å²) in [5.74, 6) is -0.848. The van der Waals surface area contributed by atoms with Crippen molar-refractivity contribution in [1.29, 1.82) is 0 Å². The number of para-hydroxylation sites is 1. The molecule has 1 aromatic carbocycles. The van der Waals surface area contributed by atoms with Gasteiger partial charge in [0.25, 0.3) is 0 Å². The summed E-state index contributed by atoms with van der Waals surface area (Å²) in [5, 5.41) is 10.1. The number of benzene rings is 1. The highest BCUT2D eigenvalue weighted by molar-refractivity contribution is 8.26. The lowest BCUT2D eigenvalue weighted by atomic mass is 10.3. The minimum Gasteiger partial charge on any atom is -0.480 e. The molecule has 154 valence electrons. The molecule has 0 aliphatic carbocycles. The van der Waals surface area contributed by atoms with Crippen LogP contribution in [0.1, 0.15) is 27.7 Å². The Morgan fingerprint density at radius 3 is 2.32 bits per heavy atom. The molecule has 8 heteroatoms. The van der Waals surface area contributed by atoms with Crippen LogP contribution in [0.5, 0.6) is 0 Å². The first-order valence-corrected chi connectivity index (χ1v) is 11.7. The van der Waals surface area contributed by atoms with Gasteiger partial charge in [-0.05, 0) is 38.7 Å². The van der Waals surface area contributed by atoms with Crippen molar-refractivity contribution in [1.82, 2.24) is 9.80 Å². The molecule has 0 atom stereocenters. The SMILES string of the molecule is CCN(CC)CC.CCN1C(=C2CN(CC(=O)O)C(=S)S2)Sc2ccccc21. The van der Waals surface area contributed by atoms with Gasteiger partial charge in [0, 0.05) is 16.3 Å². The molecule has 0 bridgehead atoms. The Labute approximate surface area is 182 Å². The predicted molar refractivity (Wildman–Crippen MR) is 125 cm³/mol. The topological polar surface area (TPSA) is 47.0 Å². The van der Waals surface area contributed by atoms with Crippen molar-refractivity contribution in [2.75, 3.05) is 44.2 Å². The fraction of sp³-hybridized carbons (Fsp3) is 0.500. The Morgan fingerprint density at radius 2 is 1.79 bits per heavy atom.